The van der Waals surface area contributed by atoms with E-state index >= 15 is 0 Å². The number of aromatic nitrogens is 1. The van der Waals surface area contributed by atoms with Crippen molar-refractivity contribution in [2.45, 2.75) is 19.5 Å². The SMILES string of the molecule is O=C1C2CCN(Cc3cccc(Cl)c3)CC2=NN1Cc1cccnc1. The number of pyridine rings is 1. The van der Waals surface area contributed by atoms with Gasteiger partial charge in [-0.1, -0.05) is 29.8 Å². The third-order valence-corrected chi connectivity index (χ3v) is 4.91. The van der Waals surface area contributed by atoms with E-state index in [1.165, 1.54) is 5.56 Å². The molecule has 1 amide bonds. The molecular formula is C19H19ClN4O. The van der Waals surface area contributed by atoms with Crippen molar-refractivity contribution >= 4 is 23.2 Å². The Hall–Kier alpha value is -2.24. The average Bonchev–Trinajstić information content (AvgIpc) is 2.91. The second-order valence-corrected chi connectivity index (χ2v) is 6.97. The van der Waals surface area contributed by atoms with Gasteiger partial charge in [-0.2, -0.15) is 5.10 Å². The summed E-state index contributed by atoms with van der Waals surface area (Å²) in [5.41, 5.74) is 3.15. The molecule has 25 heavy (non-hydrogen) atoms. The molecule has 1 saturated heterocycles. The molecule has 1 aromatic heterocycles. The molecule has 0 radical (unpaired) electrons. The van der Waals surface area contributed by atoms with Crippen LogP contribution in [0.25, 0.3) is 0 Å². The molecule has 0 saturated carbocycles. The number of nitrogens with zero attached hydrogens (tertiary/aromatic N) is 4. The molecule has 0 aliphatic carbocycles. The summed E-state index contributed by atoms with van der Waals surface area (Å²) in [5.74, 6) is 0.0496. The molecule has 0 bridgehead atoms. The zero-order valence-electron chi connectivity index (χ0n) is 13.8. The van der Waals surface area contributed by atoms with Crippen LogP contribution >= 0.6 is 11.6 Å². The maximum atomic E-state index is 12.6. The molecular weight excluding hydrogens is 336 g/mol. The van der Waals surface area contributed by atoms with Crippen LogP contribution in [-0.4, -0.2) is 39.6 Å². The van der Waals surface area contributed by atoms with Gasteiger partial charge in [0.2, 0.25) is 0 Å². The first-order valence-electron chi connectivity index (χ1n) is 8.43. The third kappa shape index (κ3) is 3.57. The van der Waals surface area contributed by atoms with Crippen LogP contribution in [0.1, 0.15) is 17.5 Å². The van der Waals surface area contributed by atoms with Gasteiger partial charge in [0.05, 0.1) is 18.2 Å². The van der Waals surface area contributed by atoms with Crippen LogP contribution in [0.5, 0.6) is 0 Å². The van der Waals surface area contributed by atoms with Gasteiger partial charge in [-0.15, -0.1) is 0 Å². The Labute approximate surface area is 151 Å². The highest BCUT2D eigenvalue weighted by Gasteiger charge is 2.39. The number of hydrogen-bond donors (Lipinski definition) is 0. The third-order valence-electron chi connectivity index (χ3n) is 4.67. The van der Waals surface area contributed by atoms with E-state index in [0.29, 0.717) is 6.54 Å². The van der Waals surface area contributed by atoms with Crippen molar-refractivity contribution in [2.75, 3.05) is 13.1 Å². The number of amides is 1. The fourth-order valence-electron chi connectivity index (χ4n) is 3.45. The minimum absolute atomic E-state index is 0.0627. The largest absolute Gasteiger partial charge is 0.293 e. The van der Waals surface area contributed by atoms with Crippen molar-refractivity contribution in [3.63, 3.8) is 0 Å². The average molecular weight is 355 g/mol. The Morgan fingerprint density at radius 2 is 2.04 bits per heavy atom. The van der Waals surface area contributed by atoms with Gasteiger partial charge in [0, 0.05) is 37.1 Å². The van der Waals surface area contributed by atoms with Gasteiger partial charge >= 0.3 is 0 Å². The molecule has 6 heteroatoms. The summed E-state index contributed by atoms with van der Waals surface area (Å²) in [6.07, 6.45) is 4.33. The normalized spacial score (nSPS) is 20.5. The lowest BCUT2D eigenvalue weighted by Crippen LogP contribution is -2.41. The maximum Gasteiger partial charge on any atom is 0.251 e. The van der Waals surface area contributed by atoms with E-state index in [1.54, 1.807) is 17.4 Å². The number of fused-ring (bicyclic) bond motifs is 1. The number of hydrogen-bond acceptors (Lipinski definition) is 4. The highest BCUT2D eigenvalue weighted by Crippen LogP contribution is 2.26. The summed E-state index contributed by atoms with van der Waals surface area (Å²) < 4.78 is 0. The molecule has 0 spiro atoms. The van der Waals surface area contributed by atoms with Crippen molar-refractivity contribution in [1.82, 2.24) is 14.9 Å². The van der Waals surface area contributed by atoms with E-state index in [1.807, 2.05) is 30.3 Å². The number of piperidine rings is 1. The van der Waals surface area contributed by atoms with E-state index in [0.717, 1.165) is 42.4 Å². The maximum absolute atomic E-state index is 12.6. The molecule has 4 rings (SSSR count). The zero-order valence-corrected chi connectivity index (χ0v) is 14.6. The van der Waals surface area contributed by atoms with E-state index < -0.39 is 0 Å². The minimum atomic E-state index is -0.0627. The standard InChI is InChI=1S/C19H19ClN4O/c20-16-5-1-3-14(9-16)11-23-8-6-17-18(13-23)22-24(19(17)25)12-15-4-2-7-21-10-15/h1-5,7,9-10,17H,6,8,11-13H2. The summed E-state index contributed by atoms with van der Waals surface area (Å²) >= 11 is 6.07. The number of hydrazone groups is 1. The Kier molecular flexibility index (Phi) is 4.51. The predicted molar refractivity (Wildman–Crippen MR) is 97.1 cm³/mol. The summed E-state index contributed by atoms with van der Waals surface area (Å²) in [6, 6.07) is 11.8. The van der Waals surface area contributed by atoms with Gasteiger partial charge in [0.25, 0.3) is 5.91 Å². The Morgan fingerprint density at radius 3 is 2.84 bits per heavy atom. The van der Waals surface area contributed by atoms with E-state index in [-0.39, 0.29) is 11.8 Å². The van der Waals surface area contributed by atoms with Gasteiger partial charge in [-0.25, -0.2) is 5.01 Å². The van der Waals surface area contributed by atoms with Crippen LogP contribution in [0.3, 0.4) is 0 Å². The quantitative estimate of drug-likeness (QED) is 0.848. The van der Waals surface area contributed by atoms with Gasteiger partial charge in [-0.05, 0) is 35.7 Å². The van der Waals surface area contributed by atoms with Crippen LogP contribution in [-0.2, 0) is 17.9 Å². The molecule has 2 aliphatic heterocycles. The Balaban J connectivity index is 1.44. The van der Waals surface area contributed by atoms with Crippen LogP contribution in [0.15, 0.2) is 53.9 Å². The van der Waals surface area contributed by atoms with Crippen LogP contribution in [0.4, 0.5) is 0 Å². The first-order valence-corrected chi connectivity index (χ1v) is 8.81. The summed E-state index contributed by atoms with van der Waals surface area (Å²) in [6.45, 7) is 2.93. The predicted octanol–water partition coefficient (Wildman–Crippen LogP) is 2.96. The van der Waals surface area contributed by atoms with Crippen LogP contribution in [0, 0.1) is 5.92 Å². The van der Waals surface area contributed by atoms with Gasteiger partial charge in [0.15, 0.2) is 0 Å². The Bertz CT molecular complexity index is 808. The number of likely N-dealkylation sites (tertiary alicyclic amines) is 1. The lowest BCUT2D eigenvalue weighted by Gasteiger charge is -2.29. The highest BCUT2D eigenvalue weighted by molar-refractivity contribution is 6.30. The molecule has 5 nitrogen and oxygen atoms in total. The molecule has 2 aliphatic rings. The molecule has 2 aromatic rings. The fourth-order valence-corrected chi connectivity index (χ4v) is 3.67. The van der Waals surface area contributed by atoms with Gasteiger partial charge in [0.1, 0.15) is 0 Å². The second kappa shape index (κ2) is 6.94. The molecule has 1 atom stereocenters. The van der Waals surface area contributed by atoms with E-state index in [4.69, 9.17) is 11.6 Å². The first kappa shape index (κ1) is 16.2. The van der Waals surface area contributed by atoms with Gasteiger partial charge < -0.3 is 0 Å². The summed E-state index contributed by atoms with van der Waals surface area (Å²) in [7, 11) is 0. The fraction of sp³-hybridized carbons (Fsp3) is 0.316. The molecule has 1 unspecified atom stereocenters. The van der Waals surface area contributed by atoms with Crippen LogP contribution in [0.2, 0.25) is 5.02 Å². The summed E-state index contributed by atoms with van der Waals surface area (Å²) in [4.78, 5) is 19.0. The lowest BCUT2D eigenvalue weighted by molar-refractivity contribution is -0.132. The monoisotopic (exact) mass is 354 g/mol. The molecule has 0 N–H and O–H groups in total. The van der Waals surface area contributed by atoms with Crippen molar-refractivity contribution in [3.05, 3.63) is 64.9 Å². The van der Waals surface area contributed by atoms with Crippen molar-refractivity contribution in [3.8, 4) is 0 Å². The number of halogens is 1. The highest BCUT2D eigenvalue weighted by atomic mass is 35.5. The van der Waals surface area contributed by atoms with Crippen molar-refractivity contribution in [2.24, 2.45) is 11.0 Å². The number of benzene rings is 1. The molecule has 1 fully saturated rings. The van der Waals surface area contributed by atoms with E-state index in [2.05, 4.69) is 21.1 Å². The topological polar surface area (TPSA) is 48.8 Å². The van der Waals surface area contributed by atoms with Gasteiger partial charge in [-0.3, -0.25) is 14.7 Å². The van der Waals surface area contributed by atoms with E-state index in [9.17, 15) is 4.79 Å². The van der Waals surface area contributed by atoms with Crippen molar-refractivity contribution in [1.29, 1.82) is 0 Å². The first-order chi connectivity index (χ1) is 12.2. The number of carbonyl (C=O) groups excluding carboxylic acids is 1. The number of carbonyl (C=O) groups is 1. The molecule has 3 heterocycles. The molecule has 1 aromatic carbocycles. The zero-order chi connectivity index (χ0) is 17.2. The summed E-state index contributed by atoms with van der Waals surface area (Å²) in [5, 5.41) is 6.95. The minimum Gasteiger partial charge on any atom is -0.293 e. The van der Waals surface area contributed by atoms with Crippen LogP contribution < -0.4 is 0 Å². The second-order valence-electron chi connectivity index (χ2n) is 6.53. The number of rotatable bonds is 4. The smallest absolute Gasteiger partial charge is 0.251 e. The molecule has 128 valence electrons. The Morgan fingerprint density at radius 1 is 1.16 bits per heavy atom. The van der Waals surface area contributed by atoms with Crippen molar-refractivity contribution < 1.29 is 4.79 Å². The lowest BCUT2D eigenvalue weighted by atomic mass is 9.94.